The van der Waals surface area contributed by atoms with Gasteiger partial charge in [-0.05, 0) is 24.7 Å². The highest BCUT2D eigenvalue weighted by atomic mass is 16.5. The van der Waals surface area contributed by atoms with Gasteiger partial charge in [-0.25, -0.2) is 0 Å². The van der Waals surface area contributed by atoms with E-state index in [2.05, 4.69) is 10.6 Å². The van der Waals surface area contributed by atoms with E-state index in [1.54, 1.807) is 14.2 Å². The van der Waals surface area contributed by atoms with E-state index in [-0.39, 0.29) is 0 Å². The number of aliphatic carboxylic acids is 1. The van der Waals surface area contributed by atoms with Gasteiger partial charge in [-0.15, -0.1) is 0 Å². The molecule has 0 fully saturated rings. The maximum absolute atomic E-state index is 10.8. The van der Waals surface area contributed by atoms with Crippen molar-refractivity contribution in [3.63, 3.8) is 0 Å². The van der Waals surface area contributed by atoms with Gasteiger partial charge < -0.3 is 20.5 Å². The predicted molar refractivity (Wildman–Crippen MR) is 65.2 cm³/mol. The molecule has 1 unspecified atom stereocenters. The molecule has 0 bridgehead atoms. The van der Waals surface area contributed by atoms with Gasteiger partial charge in [-0.2, -0.15) is 0 Å². The zero-order valence-electron chi connectivity index (χ0n) is 10.1. The van der Waals surface area contributed by atoms with Crippen molar-refractivity contribution in [1.29, 1.82) is 0 Å². The number of benzene rings is 1. The highest BCUT2D eigenvalue weighted by Gasteiger charge is 2.13. The van der Waals surface area contributed by atoms with Crippen molar-refractivity contribution < 1.29 is 14.6 Å². The molecule has 0 radical (unpaired) electrons. The Morgan fingerprint density at radius 1 is 1.53 bits per heavy atom. The number of likely N-dealkylation sites (N-methyl/N-ethyl adjacent to an activating group) is 1. The van der Waals surface area contributed by atoms with Crippen LogP contribution in [0.25, 0.3) is 0 Å². The lowest BCUT2D eigenvalue weighted by Crippen LogP contribution is -2.42. The first-order valence-electron chi connectivity index (χ1n) is 5.41. The van der Waals surface area contributed by atoms with E-state index in [1.165, 1.54) is 0 Å². The van der Waals surface area contributed by atoms with Crippen molar-refractivity contribution in [1.82, 2.24) is 10.6 Å². The molecule has 1 atom stereocenters. The summed E-state index contributed by atoms with van der Waals surface area (Å²) in [7, 11) is 3.25. The quantitative estimate of drug-likeness (QED) is 0.643. The van der Waals surface area contributed by atoms with Crippen LogP contribution in [0.1, 0.15) is 5.56 Å². The SMILES string of the molecule is CNC(CNCc1cccc(OC)c1)C(=O)O. The van der Waals surface area contributed by atoms with Crippen LogP contribution >= 0.6 is 0 Å². The van der Waals surface area contributed by atoms with Gasteiger partial charge in [-0.1, -0.05) is 12.1 Å². The summed E-state index contributed by atoms with van der Waals surface area (Å²) in [5.74, 6) is -0.0571. The normalized spacial score (nSPS) is 12.1. The zero-order valence-corrected chi connectivity index (χ0v) is 10.1. The number of carbonyl (C=O) groups is 1. The molecule has 1 rings (SSSR count). The summed E-state index contributed by atoms with van der Waals surface area (Å²) in [6, 6.07) is 7.09. The van der Waals surface area contributed by atoms with Crippen LogP contribution in [0.4, 0.5) is 0 Å². The van der Waals surface area contributed by atoms with Crippen LogP contribution in [0.2, 0.25) is 0 Å². The van der Waals surface area contributed by atoms with Crippen LogP contribution in [-0.2, 0) is 11.3 Å². The minimum atomic E-state index is -0.856. The number of carboxylic acids is 1. The molecule has 17 heavy (non-hydrogen) atoms. The van der Waals surface area contributed by atoms with Crippen molar-refractivity contribution in [3.05, 3.63) is 29.8 Å². The number of rotatable bonds is 7. The molecular weight excluding hydrogens is 220 g/mol. The van der Waals surface area contributed by atoms with E-state index in [9.17, 15) is 4.79 Å². The third-order valence-electron chi connectivity index (χ3n) is 2.46. The van der Waals surface area contributed by atoms with Gasteiger partial charge in [0, 0.05) is 13.1 Å². The Hall–Kier alpha value is -1.59. The fourth-order valence-electron chi connectivity index (χ4n) is 1.46. The van der Waals surface area contributed by atoms with E-state index in [0.29, 0.717) is 13.1 Å². The Balaban J connectivity index is 2.42. The van der Waals surface area contributed by atoms with Gasteiger partial charge >= 0.3 is 5.97 Å². The average Bonchev–Trinajstić information content (AvgIpc) is 2.34. The molecule has 0 aliphatic rings. The molecule has 0 saturated heterocycles. The van der Waals surface area contributed by atoms with E-state index in [4.69, 9.17) is 9.84 Å². The largest absolute Gasteiger partial charge is 0.497 e. The van der Waals surface area contributed by atoms with Crippen LogP contribution in [-0.4, -0.2) is 37.8 Å². The fourth-order valence-corrected chi connectivity index (χ4v) is 1.46. The molecule has 0 spiro atoms. The van der Waals surface area contributed by atoms with Crippen molar-refractivity contribution in [3.8, 4) is 5.75 Å². The van der Waals surface area contributed by atoms with E-state index in [0.717, 1.165) is 11.3 Å². The van der Waals surface area contributed by atoms with Gasteiger partial charge in [0.05, 0.1) is 7.11 Å². The zero-order chi connectivity index (χ0) is 12.7. The van der Waals surface area contributed by atoms with Crippen LogP contribution in [0.3, 0.4) is 0 Å². The van der Waals surface area contributed by atoms with Crippen LogP contribution in [0.15, 0.2) is 24.3 Å². The van der Waals surface area contributed by atoms with Crippen molar-refractivity contribution in [2.75, 3.05) is 20.7 Å². The topological polar surface area (TPSA) is 70.6 Å². The lowest BCUT2D eigenvalue weighted by Gasteiger charge is -2.12. The van der Waals surface area contributed by atoms with Crippen LogP contribution < -0.4 is 15.4 Å². The summed E-state index contributed by atoms with van der Waals surface area (Å²) in [5, 5.41) is 14.6. The number of hydrogen-bond acceptors (Lipinski definition) is 4. The molecule has 0 amide bonds. The number of carboxylic acid groups (broad SMARTS) is 1. The Bertz CT molecular complexity index is 369. The van der Waals surface area contributed by atoms with Gasteiger partial charge in [0.15, 0.2) is 0 Å². The number of ether oxygens (including phenoxy) is 1. The molecule has 5 heteroatoms. The lowest BCUT2D eigenvalue weighted by molar-refractivity contribution is -0.139. The molecule has 0 aliphatic heterocycles. The summed E-state index contributed by atoms with van der Waals surface area (Å²) in [6.45, 7) is 0.992. The Kier molecular flexibility index (Phi) is 5.45. The first kappa shape index (κ1) is 13.5. The molecule has 1 aromatic carbocycles. The Labute approximate surface area is 101 Å². The van der Waals surface area contributed by atoms with Gasteiger partial charge in [0.1, 0.15) is 11.8 Å². The average molecular weight is 238 g/mol. The smallest absolute Gasteiger partial charge is 0.322 e. The lowest BCUT2D eigenvalue weighted by atomic mass is 10.2. The van der Waals surface area contributed by atoms with Crippen LogP contribution in [0.5, 0.6) is 5.75 Å². The van der Waals surface area contributed by atoms with Crippen molar-refractivity contribution >= 4 is 5.97 Å². The van der Waals surface area contributed by atoms with Crippen LogP contribution in [0, 0.1) is 0 Å². The third-order valence-corrected chi connectivity index (χ3v) is 2.46. The first-order valence-corrected chi connectivity index (χ1v) is 5.41. The summed E-state index contributed by atoms with van der Waals surface area (Å²) in [4.78, 5) is 10.8. The van der Waals surface area contributed by atoms with Crippen molar-refractivity contribution in [2.45, 2.75) is 12.6 Å². The minimum absolute atomic E-state index is 0.378. The van der Waals surface area contributed by atoms with E-state index >= 15 is 0 Å². The number of methoxy groups -OCH3 is 1. The molecule has 0 aliphatic carbocycles. The molecule has 94 valence electrons. The molecule has 3 N–H and O–H groups in total. The Morgan fingerprint density at radius 2 is 2.29 bits per heavy atom. The van der Waals surface area contributed by atoms with Crippen molar-refractivity contribution in [2.24, 2.45) is 0 Å². The maximum atomic E-state index is 10.8. The first-order chi connectivity index (χ1) is 8.17. The second-order valence-corrected chi connectivity index (χ2v) is 3.66. The fraction of sp³-hybridized carbons (Fsp3) is 0.417. The minimum Gasteiger partial charge on any atom is -0.497 e. The maximum Gasteiger partial charge on any atom is 0.322 e. The summed E-state index contributed by atoms with van der Waals surface area (Å²) in [6.07, 6.45) is 0. The molecule has 1 aromatic rings. The second-order valence-electron chi connectivity index (χ2n) is 3.66. The number of hydrogen-bond donors (Lipinski definition) is 3. The summed E-state index contributed by atoms with van der Waals surface area (Å²) < 4.78 is 5.11. The molecule has 0 aromatic heterocycles. The van der Waals surface area contributed by atoms with Gasteiger partial charge in [-0.3, -0.25) is 4.79 Å². The Morgan fingerprint density at radius 3 is 2.88 bits per heavy atom. The molecule has 0 heterocycles. The molecule has 5 nitrogen and oxygen atoms in total. The highest BCUT2D eigenvalue weighted by Crippen LogP contribution is 2.11. The summed E-state index contributed by atoms with van der Waals surface area (Å²) in [5.41, 5.74) is 1.06. The molecule has 0 saturated carbocycles. The standard InChI is InChI=1S/C12H18N2O3/c1-13-11(12(15)16)8-14-7-9-4-3-5-10(6-9)17-2/h3-6,11,13-14H,7-8H2,1-2H3,(H,15,16). The van der Waals surface area contributed by atoms with E-state index < -0.39 is 12.0 Å². The predicted octanol–water partition coefficient (Wildman–Crippen LogP) is 0.457. The summed E-state index contributed by atoms with van der Waals surface area (Å²) >= 11 is 0. The molecular formula is C12H18N2O3. The highest BCUT2D eigenvalue weighted by molar-refractivity contribution is 5.73. The van der Waals surface area contributed by atoms with Gasteiger partial charge in [0.25, 0.3) is 0 Å². The number of nitrogens with one attached hydrogen (secondary N) is 2. The van der Waals surface area contributed by atoms with Gasteiger partial charge in [0.2, 0.25) is 0 Å². The van der Waals surface area contributed by atoms with E-state index in [1.807, 2.05) is 24.3 Å². The monoisotopic (exact) mass is 238 g/mol. The second kappa shape index (κ2) is 6.88. The third kappa shape index (κ3) is 4.42.